The lowest BCUT2D eigenvalue weighted by atomic mass is 10.2. The van der Waals surface area contributed by atoms with E-state index in [0.29, 0.717) is 6.42 Å². The van der Waals surface area contributed by atoms with E-state index in [-0.39, 0.29) is 0 Å². The first kappa shape index (κ1) is 9.98. The smallest absolute Gasteiger partial charge is 0.327 e. The highest BCUT2D eigenvalue weighted by atomic mass is 32.1. The molecular formula is C11H11NO2S. The van der Waals surface area contributed by atoms with Gasteiger partial charge in [0.25, 0.3) is 0 Å². The van der Waals surface area contributed by atoms with Gasteiger partial charge in [-0.15, -0.1) is 11.3 Å². The molecule has 1 N–H and O–H groups in total. The number of thiophene rings is 1. The fourth-order valence-electron chi connectivity index (χ4n) is 1.50. The maximum Gasteiger partial charge on any atom is 0.327 e. The summed E-state index contributed by atoms with van der Waals surface area (Å²) in [4.78, 5) is 12.2. The predicted molar refractivity (Wildman–Crippen MR) is 59.1 cm³/mol. The molecule has 0 aliphatic carbocycles. The van der Waals surface area contributed by atoms with Crippen molar-refractivity contribution in [2.75, 3.05) is 0 Å². The van der Waals surface area contributed by atoms with Gasteiger partial charge in [-0.2, -0.15) is 0 Å². The average Bonchev–Trinajstić information content (AvgIpc) is 2.87. The molecule has 4 heteroatoms. The standard InChI is InChI=1S/C11H11NO2S/c13-11(14)10(12-5-1-2-6-12)8-9-4-3-7-15-9/h1-7,10H,8H2,(H,13,14)/t10-/m1/s1. The summed E-state index contributed by atoms with van der Waals surface area (Å²) < 4.78 is 1.72. The van der Waals surface area contributed by atoms with E-state index in [9.17, 15) is 4.79 Å². The van der Waals surface area contributed by atoms with Crippen LogP contribution in [0.25, 0.3) is 0 Å². The van der Waals surface area contributed by atoms with E-state index in [1.165, 1.54) is 0 Å². The topological polar surface area (TPSA) is 42.2 Å². The largest absolute Gasteiger partial charge is 0.480 e. The number of aromatic nitrogens is 1. The SMILES string of the molecule is O=C(O)[C@@H](Cc1cccs1)n1cccc1. The van der Waals surface area contributed by atoms with Crippen LogP contribution in [-0.4, -0.2) is 15.6 Å². The van der Waals surface area contributed by atoms with E-state index in [2.05, 4.69) is 0 Å². The van der Waals surface area contributed by atoms with E-state index in [1.807, 2.05) is 29.6 Å². The number of carboxylic acid groups (broad SMARTS) is 1. The molecule has 0 saturated heterocycles. The van der Waals surface area contributed by atoms with E-state index in [4.69, 9.17) is 5.11 Å². The summed E-state index contributed by atoms with van der Waals surface area (Å²) in [6.07, 6.45) is 4.11. The summed E-state index contributed by atoms with van der Waals surface area (Å²) >= 11 is 1.59. The van der Waals surface area contributed by atoms with Crippen LogP contribution in [0.1, 0.15) is 10.9 Å². The van der Waals surface area contributed by atoms with Gasteiger partial charge in [0, 0.05) is 23.7 Å². The third-order valence-electron chi connectivity index (χ3n) is 2.25. The van der Waals surface area contributed by atoms with Crippen LogP contribution in [0.4, 0.5) is 0 Å². The van der Waals surface area contributed by atoms with Gasteiger partial charge in [-0.1, -0.05) is 6.07 Å². The first-order chi connectivity index (χ1) is 7.27. The Morgan fingerprint density at radius 2 is 2.13 bits per heavy atom. The van der Waals surface area contributed by atoms with Crippen molar-refractivity contribution >= 4 is 17.3 Å². The molecule has 0 aliphatic rings. The van der Waals surface area contributed by atoms with Gasteiger partial charge in [-0.05, 0) is 23.6 Å². The molecule has 2 heterocycles. The third kappa shape index (κ3) is 2.27. The highest BCUT2D eigenvalue weighted by molar-refractivity contribution is 7.09. The van der Waals surface area contributed by atoms with Gasteiger partial charge < -0.3 is 9.67 Å². The van der Waals surface area contributed by atoms with Crippen molar-refractivity contribution < 1.29 is 9.90 Å². The van der Waals surface area contributed by atoms with Crippen LogP contribution in [-0.2, 0) is 11.2 Å². The van der Waals surface area contributed by atoms with Crippen LogP contribution in [0.15, 0.2) is 42.0 Å². The summed E-state index contributed by atoms with van der Waals surface area (Å²) in [7, 11) is 0. The molecule has 2 aromatic heterocycles. The molecule has 2 rings (SSSR count). The number of nitrogens with zero attached hydrogens (tertiary/aromatic N) is 1. The minimum atomic E-state index is -0.792. The lowest BCUT2D eigenvalue weighted by Gasteiger charge is -2.12. The first-order valence-electron chi connectivity index (χ1n) is 4.65. The van der Waals surface area contributed by atoms with Gasteiger partial charge in [0.05, 0.1) is 0 Å². The highest BCUT2D eigenvalue weighted by Gasteiger charge is 2.19. The molecule has 3 nitrogen and oxygen atoms in total. The van der Waals surface area contributed by atoms with Crippen LogP contribution in [0, 0.1) is 0 Å². The zero-order valence-electron chi connectivity index (χ0n) is 8.04. The van der Waals surface area contributed by atoms with Crippen LogP contribution >= 0.6 is 11.3 Å². The van der Waals surface area contributed by atoms with E-state index >= 15 is 0 Å². The van der Waals surface area contributed by atoms with Crippen molar-refractivity contribution in [3.05, 3.63) is 46.9 Å². The number of rotatable bonds is 4. The summed E-state index contributed by atoms with van der Waals surface area (Å²) in [5.41, 5.74) is 0. The van der Waals surface area contributed by atoms with Crippen molar-refractivity contribution in [3.63, 3.8) is 0 Å². The number of hydrogen-bond donors (Lipinski definition) is 1. The Morgan fingerprint density at radius 3 is 2.67 bits per heavy atom. The van der Waals surface area contributed by atoms with Crippen molar-refractivity contribution in [2.45, 2.75) is 12.5 Å². The maximum atomic E-state index is 11.1. The Morgan fingerprint density at radius 1 is 1.40 bits per heavy atom. The molecule has 0 saturated carbocycles. The quantitative estimate of drug-likeness (QED) is 0.861. The lowest BCUT2D eigenvalue weighted by Crippen LogP contribution is -2.19. The average molecular weight is 221 g/mol. The number of carbonyl (C=O) groups is 1. The normalized spacial score (nSPS) is 12.5. The second-order valence-electron chi connectivity index (χ2n) is 3.27. The van der Waals surface area contributed by atoms with Crippen LogP contribution in [0.5, 0.6) is 0 Å². The lowest BCUT2D eigenvalue weighted by molar-refractivity contribution is -0.140. The Balaban J connectivity index is 2.18. The Kier molecular flexibility index (Phi) is 2.87. The Hall–Kier alpha value is -1.55. The minimum Gasteiger partial charge on any atom is -0.480 e. The van der Waals surface area contributed by atoms with Crippen molar-refractivity contribution in [2.24, 2.45) is 0 Å². The molecule has 0 radical (unpaired) electrons. The fraction of sp³-hybridized carbons (Fsp3) is 0.182. The van der Waals surface area contributed by atoms with Gasteiger partial charge >= 0.3 is 5.97 Å². The fourth-order valence-corrected chi connectivity index (χ4v) is 2.24. The summed E-state index contributed by atoms with van der Waals surface area (Å²) in [5, 5.41) is 11.1. The van der Waals surface area contributed by atoms with E-state index < -0.39 is 12.0 Å². The van der Waals surface area contributed by atoms with Gasteiger partial charge in [0.1, 0.15) is 6.04 Å². The summed E-state index contributed by atoms with van der Waals surface area (Å²) in [6, 6.07) is 7.08. The van der Waals surface area contributed by atoms with Crippen molar-refractivity contribution in [3.8, 4) is 0 Å². The molecule has 0 bridgehead atoms. The maximum absolute atomic E-state index is 11.1. The molecule has 0 unspecified atom stereocenters. The van der Waals surface area contributed by atoms with Gasteiger partial charge in [-0.3, -0.25) is 0 Å². The molecule has 2 aromatic rings. The van der Waals surface area contributed by atoms with Crippen molar-refractivity contribution in [1.29, 1.82) is 0 Å². The Labute approximate surface area is 91.6 Å². The molecule has 0 fully saturated rings. The van der Waals surface area contributed by atoms with Crippen molar-refractivity contribution in [1.82, 2.24) is 4.57 Å². The van der Waals surface area contributed by atoms with Gasteiger partial charge in [0.2, 0.25) is 0 Å². The molecule has 0 amide bonds. The van der Waals surface area contributed by atoms with Gasteiger partial charge in [-0.25, -0.2) is 4.79 Å². The number of hydrogen-bond acceptors (Lipinski definition) is 2. The Bertz CT molecular complexity index is 419. The zero-order valence-corrected chi connectivity index (χ0v) is 8.85. The minimum absolute atomic E-state index is 0.501. The molecule has 1 atom stereocenters. The second kappa shape index (κ2) is 4.31. The number of aliphatic carboxylic acids is 1. The molecule has 15 heavy (non-hydrogen) atoms. The summed E-state index contributed by atoms with van der Waals surface area (Å²) in [6.45, 7) is 0. The molecular weight excluding hydrogens is 210 g/mol. The van der Waals surface area contributed by atoms with Gasteiger partial charge in [0.15, 0.2) is 0 Å². The van der Waals surface area contributed by atoms with E-state index in [0.717, 1.165) is 4.88 Å². The molecule has 0 spiro atoms. The first-order valence-corrected chi connectivity index (χ1v) is 5.53. The van der Waals surface area contributed by atoms with Crippen LogP contribution < -0.4 is 0 Å². The molecule has 0 aromatic carbocycles. The predicted octanol–water partition coefficient (Wildman–Crippen LogP) is 2.42. The summed E-state index contributed by atoms with van der Waals surface area (Å²) in [5.74, 6) is -0.792. The van der Waals surface area contributed by atoms with Crippen LogP contribution in [0.2, 0.25) is 0 Å². The van der Waals surface area contributed by atoms with Crippen LogP contribution in [0.3, 0.4) is 0 Å². The molecule has 0 aliphatic heterocycles. The molecule has 78 valence electrons. The number of carboxylic acids is 1. The van der Waals surface area contributed by atoms with E-state index in [1.54, 1.807) is 28.3 Å². The highest BCUT2D eigenvalue weighted by Crippen LogP contribution is 2.18. The zero-order chi connectivity index (χ0) is 10.7. The monoisotopic (exact) mass is 221 g/mol. The second-order valence-corrected chi connectivity index (χ2v) is 4.30. The third-order valence-corrected chi connectivity index (χ3v) is 3.15.